The zero-order valence-corrected chi connectivity index (χ0v) is 13.0. The fourth-order valence-electron chi connectivity index (χ4n) is 3.14. The molecule has 0 bridgehead atoms. The van der Waals surface area contributed by atoms with E-state index in [1.165, 1.54) is 6.42 Å². The van der Waals surface area contributed by atoms with Crippen molar-refractivity contribution in [3.63, 3.8) is 0 Å². The van der Waals surface area contributed by atoms with Crippen LogP contribution in [0.15, 0.2) is 40.9 Å². The molecular weight excluding hydrogens is 276 g/mol. The molecule has 1 fully saturated rings. The number of nitrogens with zero attached hydrogens (tertiary/aromatic N) is 2. The van der Waals surface area contributed by atoms with Gasteiger partial charge >= 0.3 is 0 Å². The Morgan fingerprint density at radius 3 is 2.91 bits per heavy atom. The Labute approximate surface area is 131 Å². The third-order valence-electron chi connectivity index (χ3n) is 4.37. The topological polar surface area (TPSA) is 46.3 Å². The molecule has 4 heteroatoms. The summed E-state index contributed by atoms with van der Waals surface area (Å²) in [5.74, 6) is 0.883. The largest absolute Gasteiger partial charge is 0.356 e. The molecule has 22 heavy (non-hydrogen) atoms. The van der Waals surface area contributed by atoms with Crippen molar-refractivity contribution in [1.82, 2.24) is 10.1 Å². The quantitative estimate of drug-likeness (QED) is 0.865. The molecule has 4 nitrogen and oxygen atoms in total. The number of hydrogen-bond acceptors (Lipinski definition) is 3. The van der Waals surface area contributed by atoms with E-state index in [2.05, 4.69) is 12.1 Å². The summed E-state index contributed by atoms with van der Waals surface area (Å²) in [6.07, 6.45) is 4.81. The highest BCUT2D eigenvalue weighted by atomic mass is 16.5. The van der Waals surface area contributed by atoms with Crippen LogP contribution in [-0.4, -0.2) is 28.6 Å². The number of carbonyl (C=O) groups is 1. The van der Waals surface area contributed by atoms with Crippen molar-refractivity contribution >= 4 is 5.91 Å². The Kier molecular flexibility index (Phi) is 4.56. The molecule has 116 valence electrons. The van der Waals surface area contributed by atoms with Gasteiger partial charge in [0.15, 0.2) is 5.76 Å². The second-order valence-electron chi connectivity index (χ2n) is 5.87. The zero-order valence-electron chi connectivity index (χ0n) is 13.0. The molecule has 3 rings (SSSR count). The molecule has 1 aromatic carbocycles. The molecule has 2 aromatic rings. The fourth-order valence-corrected chi connectivity index (χ4v) is 3.14. The van der Waals surface area contributed by atoms with Crippen LogP contribution in [0.25, 0.3) is 11.3 Å². The zero-order chi connectivity index (χ0) is 15.4. The van der Waals surface area contributed by atoms with E-state index in [-0.39, 0.29) is 5.91 Å². The van der Waals surface area contributed by atoms with Gasteiger partial charge in [0.1, 0.15) is 0 Å². The molecule has 2 heterocycles. The first-order chi connectivity index (χ1) is 10.8. The van der Waals surface area contributed by atoms with Crippen LogP contribution in [0.1, 0.15) is 38.3 Å². The Bertz CT molecular complexity index is 621. The lowest BCUT2D eigenvalue weighted by Gasteiger charge is -2.35. The lowest BCUT2D eigenvalue weighted by molar-refractivity contribution is -0.134. The van der Waals surface area contributed by atoms with E-state index in [1.807, 2.05) is 41.3 Å². The molecule has 1 aliphatic rings. The van der Waals surface area contributed by atoms with Crippen LogP contribution in [-0.2, 0) is 11.2 Å². The van der Waals surface area contributed by atoms with Gasteiger partial charge in [0.25, 0.3) is 0 Å². The minimum atomic E-state index is 0.166. The number of aromatic nitrogens is 1. The van der Waals surface area contributed by atoms with E-state index in [0.29, 0.717) is 23.9 Å². The summed E-state index contributed by atoms with van der Waals surface area (Å²) in [6.45, 7) is 3.03. The highest BCUT2D eigenvalue weighted by Gasteiger charge is 2.25. The molecule has 1 aromatic heterocycles. The van der Waals surface area contributed by atoms with Gasteiger partial charge in [-0.05, 0) is 25.7 Å². The van der Waals surface area contributed by atoms with Crippen molar-refractivity contribution in [2.45, 2.75) is 45.1 Å². The summed E-state index contributed by atoms with van der Waals surface area (Å²) < 4.78 is 5.37. The number of carbonyl (C=O) groups excluding carboxylic acids is 1. The molecule has 1 unspecified atom stereocenters. The predicted molar refractivity (Wildman–Crippen MR) is 85.3 cm³/mol. The van der Waals surface area contributed by atoms with Crippen molar-refractivity contribution in [1.29, 1.82) is 0 Å². The van der Waals surface area contributed by atoms with Crippen molar-refractivity contribution in [3.8, 4) is 11.3 Å². The first-order valence-corrected chi connectivity index (χ1v) is 8.08. The first-order valence-electron chi connectivity index (χ1n) is 8.08. The number of likely N-dealkylation sites (tertiary alicyclic amines) is 1. The lowest BCUT2D eigenvalue weighted by atomic mass is 9.99. The van der Waals surface area contributed by atoms with Crippen LogP contribution < -0.4 is 0 Å². The maximum atomic E-state index is 12.5. The second-order valence-corrected chi connectivity index (χ2v) is 5.87. The van der Waals surface area contributed by atoms with Crippen LogP contribution in [0.5, 0.6) is 0 Å². The van der Waals surface area contributed by atoms with Gasteiger partial charge in [0.05, 0.1) is 12.1 Å². The van der Waals surface area contributed by atoms with Crippen molar-refractivity contribution in [2.24, 2.45) is 0 Å². The molecule has 0 N–H and O–H groups in total. The summed E-state index contributed by atoms with van der Waals surface area (Å²) >= 11 is 0. The number of piperidine rings is 1. The maximum absolute atomic E-state index is 12.5. The molecule has 0 aliphatic carbocycles. The number of hydrogen-bond donors (Lipinski definition) is 0. The molecule has 0 saturated carbocycles. The molecular formula is C18H22N2O2. The van der Waals surface area contributed by atoms with Crippen molar-refractivity contribution < 1.29 is 9.32 Å². The summed E-state index contributed by atoms with van der Waals surface area (Å²) in [5.41, 5.74) is 1.70. The first kappa shape index (κ1) is 14.8. The van der Waals surface area contributed by atoms with Crippen LogP contribution in [0, 0.1) is 0 Å². The molecule has 1 amide bonds. The minimum Gasteiger partial charge on any atom is -0.356 e. The summed E-state index contributed by atoms with van der Waals surface area (Å²) in [5, 5.41) is 4.06. The molecule has 1 atom stereocenters. The van der Waals surface area contributed by atoms with Gasteiger partial charge < -0.3 is 9.42 Å². The van der Waals surface area contributed by atoms with Crippen LogP contribution in [0.3, 0.4) is 0 Å². The monoisotopic (exact) mass is 298 g/mol. The second kappa shape index (κ2) is 6.77. The Balaban J connectivity index is 1.68. The number of benzene rings is 1. The minimum absolute atomic E-state index is 0.166. The third-order valence-corrected chi connectivity index (χ3v) is 4.37. The van der Waals surface area contributed by atoms with E-state index in [4.69, 9.17) is 4.52 Å². The fraction of sp³-hybridized carbons (Fsp3) is 0.444. The Hall–Kier alpha value is -2.10. The average molecular weight is 298 g/mol. The van der Waals surface area contributed by atoms with Gasteiger partial charge in [0.2, 0.25) is 5.91 Å². The van der Waals surface area contributed by atoms with Crippen molar-refractivity contribution in [3.05, 3.63) is 42.1 Å². The maximum Gasteiger partial charge on any atom is 0.228 e. The molecule has 0 radical (unpaired) electrons. The van der Waals surface area contributed by atoms with Crippen LogP contribution >= 0.6 is 0 Å². The van der Waals surface area contributed by atoms with E-state index in [1.54, 1.807) is 0 Å². The van der Waals surface area contributed by atoms with Gasteiger partial charge in [-0.15, -0.1) is 0 Å². The standard InChI is InChI=1S/C18H22N2O2/c1-2-16-10-6-7-11-20(16)18(21)13-15-12-17(22-19-15)14-8-4-3-5-9-14/h3-5,8-9,12,16H,2,6-7,10-11,13H2,1H3. The average Bonchev–Trinajstić information content (AvgIpc) is 3.04. The predicted octanol–water partition coefficient (Wildman–Crippen LogP) is 3.68. The molecule has 0 spiro atoms. The number of amides is 1. The van der Waals surface area contributed by atoms with Crippen LogP contribution in [0.2, 0.25) is 0 Å². The van der Waals surface area contributed by atoms with E-state index in [0.717, 1.165) is 31.4 Å². The van der Waals surface area contributed by atoms with E-state index >= 15 is 0 Å². The summed E-state index contributed by atoms with van der Waals surface area (Å²) in [7, 11) is 0. The van der Waals surface area contributed by atoms with Gasteiger partial charge in [-0.2, -0.15) is 0 Å². The Morgan fingerprint density at radius 1 is 1.32 bits per heavy atom. The highest BCUT2D eigenvalue weighted by Crippen LogP contribution is 2.22. The van der Waals surface area contributed by atoms with Gasteiger partial charge in [0, 0.05) is 24.2 Å². The van der Waals surface area contributed by atoms with E-state index < -0.39 is 0 Å². The molecule has 1 aliphatic heterocycles. The highest BCUT2D eigenvalue weighted by molar-refractivity contribution is 5.79. The van der Waals surface area contributed by atoms with Crippen LogP contribution in [0.4, 0.5) is 0 Å². The van der Waals surface area contributed by atoms with Crippen molar-refractivity contribution in [2.75, 3.05) is 6.54 Å². The van der Waals surface area contributed by atoms with E-state index in [9.17, 15) is 4.79 Å². The Morgan fingerprint density at radius 2 is 2.14 bits per heavy atom. The molecule has 1 saturated heterocycles. The SMILES string of the molecule is CCC1CCCCN1C(=O)Cc1cc(-c2ccccc2)on1. The smallest absolute Gasteiger partial charge is 0.228 e. The van der Waals surface area contributed by atoms with Gasteiger partial charge in [-0.1, -0.05) is 42.4 Å². The third kappa shape index (κ3) is 3.21. The summed E-state index contributed by atoms with van der Waals surface area (Å²) in [4.78, 5) is 14.6. The van der Waals surface area contributed by atoms with Gasteiger partial charge in [-0.3, -0.25) is 4.79 Å². The normalized spacial score (nSPS) is 18.4. The number of rotatable bonds is 4. The lowest BCUT2D eigenvalue weighted by Crippen LogP contribution is -2.44. The van der Waals surface area contributed by atoms with Gasteiger partial charge in [-0.25, -0.2) is 0 Å². The summed E-state index contributed by atoms with van der Waals surface area (Å²) in [6, 6.07) is 12.1.